The number of carbonyl (C=O) groups excluding carboxylic acids is 1. The van der Waals surface area contributed by atoms with E-state index in [-0.39, 0.29) is 5.91 Å². The molecule has 78 valence electrons. The monoisotopic (exact) mass is 189 g/mol. The van der Waals surface area contributed by atoms with Gasteiger partial charge in [-0.05, 0) is 13.3 Å². The van der Waals surface area contributed by atoms with Gasteiger partial charge < -0.3 is 15.2 Å². The van der Waals surface area contributed by atoms with Gasteiger partial charge >= 0.3 is 0 Å². The van der Waals surface area contributed by atoms with Gasteiger partial charge in [0.25, 0.3) is 0 Å². The zero-order valence-electron chi connectivity index (χ0n) is 8.38. The Balaban J connectivity index is 3.20. The van der Waals surface area contributed by atoms with Crippen molar-refractivity contribution in [3.63, 3.8) is 0 Å². The molecular formula is C9H19NO3. The number of carbonyl (C=O) groups is 1. The van der Waals surface area contributed by atoms with E-state index in [1.165, 1.54) is 0 Å². The van der Waals surface area contributed by atoms with Crippen LogP contribution in [0.1, 0.15) is 26.7 Å². The van der Waals surface area contributed by atoms with Crippen LogP contribution in [0.5, 0.6) is 0 Å². The van der Waals surface area contributed by atoms with Crippen LogP contribution in [0.3, 0.4) is 0 Å². The van der Waals surface area contributed by atoms with Crippen LogP contribution in [0.15, 0.2) is 0 Å². The molecule has 1 amide bonds. The lowest BCUT2D eigenvalue weighted by Crippen LogP contribution is -2.31. The van der Waals surface area contributed by atoms with Crippen molar-refractivity contribution < 1.29 is 14.6 Å². The molecule has 13 heavy (non-hydrogen) atoms. The van der Waals surface area contributed by atoms with Crippen molar-refractivity contribution in [2.75, 3.05) is 19.8 Å². The molecule has 2 N–H and O–H groups in total. The van der Waals surface area contributed by atoms with Gasteiger partial charge in [-0.2, -0.15) is 0 Å². The minimum Gasteiger partial charge on any atom is -0.392 e. The van der Waals surface area contributed by atoms with E-state index in [9.17, 15) is 4.79 Å². The molecule has 0 saturated carbocycles. The summed E-state index contributed by atoms with van der Waals surface area (Å²) in [5.74, 6) is -0.0722. The summed E-state index contributed by atoms with van der Waals surface area (Å²) in [4.78, 5) is 11.0. The second kappa shape index (κ2) is 8.01. The Hall–Kier alpha value is -0.610. The fourth-order valence-electron chi connectivity index (χ4n) is 0.761. The summed E-state index contributed by atoms with van der Waals surface area (Å²) in [6.07, 6.45) is 0.850. The number of hydrogen-bond acceptors (Lipinski definition) is 3. The Labute approximate surface area is 79.3 Å². The molecule has 0 aliphatic heterocycles. The van der Waals surface area contributed by atoms with Gasteiger partial charge in [0.2, 0.25) is 5.91 Å². The van der Waals surface area contributed by atoms with Crippen LogP contribution < -0.4 is 5.32 Å². The van der Waals surface area contributed by atoms with Crippen LogP contribution >= 0.6 is 0 Å². The summed E-state index contributed by atoms with van der Waals surface area (Å²) in [5.41, 5.74) is 0. The minimum absolute atomic E-state index is 0.0722. The van der Waals surface area contributed by atoms with E-state index in [0.29, 0.717) is 26.2 Å². The Kier molecular flexibility index (Phi) is 7.63. The molecule has 0 rings (SSSR count). The van der Waals surface area contributed by atoms with Gasteiger partial charge in [-0.15, -0.1) is 0 Å². The van der Waals surface area contributed by atoms with E-state index in [1.54, 1.807) is 6.92 Å². The molecule has 4 heteroatoms. The summed E-state index contributed by atoms with van der Waals surface area (Å²) in [5, 5.41) is 11.5. The molecule has 4 nitrogen and oxygen atoms in total. The molecule has 1 atom stereocenters. The average molecular weight is 189 g/mol. The smallest absolute Gasteiger partial charge is 0.222 e. The fourth-order valence-corrected chi connectivity index (χ4v) is 0.761. The van der Waals surface area contributed by atoms with Crippen molar-refractivity contribution in [3.05, 3.63) is 0 Å². The first kappa shape index (κ1) is 12.4. The van der Waals surface area contributed by atoms with Crippen molar-refractivity contribution in [2.24, 2.45) is 0 Å². The standard InChI is InChI=1S/C9H19NO3/c1-3-5-13-6-4-9(12)10-7-8(2)11/h8,11H,3-7H2,1-2H3,(H,10,12)/t8-/m1/s1. The number of rotatable bonds is 7. The zero-order chi connectivity index (χ0) is 10.1. The molecule has 0 saturated heterocycles. The lowest BCUT2D eigenvalue weighted by molar-refractivity contribution is -0.122. The maximum Gasteiger partial charge on any atom is 0.222 e. The highest BCUT2D eigenvalue weighted by atomic mass is 16.5. The van der Waals surface area contributed by atoms with E-state index < -0.39 is 6.10 Å². The molecule has 0 radical (unpaired) electrons. The fraction of sp³-hybridized carbons (Fsp3) is 0.889. The van der Waals surface area contributed by atoms with Gasteiger partial charge in [-0.1, -0.05) is 6.92 Å². The van der Waals surface area contributed by atoms with Crippen LogP contribution in [0.4, 0.5) is 0 Å². The highest BCUT2D eigenvalue weighted by Gasteiger charge is 2.01. The van der Waals surface area contributed by atoms with Gasteiger partial charge in [0.1, 0.15) is 0 Å². The lowest BCUT2D eigenvalue weighted by atomic mass is 10.3. The van der Waals surface area contributed by atoms with Gasteiger partial charge in [-0.3, -0.25) is 4.79 Å². The second-order valence-electron chi connectivity index (χ2n) is 3.02. The van der Waals surface area contributed by atoms with Crippen LogP contribution in [0.2, 0.25) is 0 Å². The predicted molar refractivity (Wildman–Crippen MR) is 50.4 cm³/mol. The first-order valence-electron chi connectivity index (χ1n) is 4.69. The summed E-state index contributed by atoms with van der Waals surface area (Å²) < 4.78 is 5.14. The SMILES string of the molecule is CCCOCCC(=O)NC[C@@H](C)O. The highest BCUT2D eigenvalue weighted by Crippen LogP contribution is 1.86. The van der Waals surface area contributed by atoms with Crippen LogP contribution in [-0.2, 0) is 9.53 Å². The molecule has 0 unspecified atom stereocenters. The lowest BCUT2D eigenvalue weighted by Gasteiger charge is -2.06. The molecule has 0 heterocycles. The van der Waals surface area contributed by atoms with Crippen molar-refractivity contribution >= 4 is 5.91 Å². The summed E-state index contributed by atoms with van der Waals surface area (Å²) in [6.45, 7) is 5.12. The van der Waals surface area contributed by atoms with Gasteiger partial charge in [0, 0.05) is 19.6 Å². The Morgan fingerprint density at radius 2 is 2.23 bits per heavy atom. The Morgan fingerprint density at radius 3 is 2.77 bits per heavy atom. The number of amides is 1. The van der Waals surface area contributed by atoms with Crippen LogP contribution in [0.25, 0.3) is 0 Å². The first-order chi connectivity index (χ1) is 6.16. The molecule has 0 aromatic heterocycles. The average Bonchev–Trinajstić information content (AvgIpc) is 2.09. The molecule has 0 aromatic rings. The van der Waals surface area contributed by atoms with Gasteiger partial charge in [0.05, 0.1) is 12.7 Å². The van der Waals surface area contributed by atoms with Crippen molar-refractivity contribution in [1.82, 2.24) is 5.32 Å². The molecular weight excluding hydrogens is 170 g/mol. The number of aliphatic hydroxyl groups is 1. The molecule has 0 fully saturated rings. The summed E-state index contributed by atoms with van der Waals surface area (Å²) in [7, 11) is 0. The van der Waals surface area contributed by atoms with E-state index in [4.69, 9.17) is 9.84 Å². The molecule has 0 aliphatic rings. The maximum atomic E-state index is 11.0. The van der Waals surface area contributed by atoms with E-state index >= 15 is 0 Å². The third-order valence-corrected chi connectivity index (χ3v) is 1.42. The highest BCUT2D eigenvalue weighted by molar-refractivity contribution is 5.75. The van der Waals surface area contributed by atoms with Crippen molar-refractivity contribution in [2.45, 2.75) is 32.8 Å². The van der Waals surface area contributed by atoms with E-state index in [0.717, 1.165) is 6.42 Å². The minimum atomic E-state index is -0.486. The third kappa shape index (κ3) is 9.30. The third-order valence-electron chi connectivity index (χ3n) is 1.42. The van der Waals surface area contributed by atoms with Crippen LogP contribution in [0, 0.1) is 0 Å². The Morgan fingerprint density at radius 1 is 1.54 bits per heavy atom. The Bertz CT molecular complexity index is 137. The van der Waals surface area contributed by atoms with Crippen LogP contribution in [-0.4, -0.2) is 36.9 Å². The first-order valence-corrected chi connectivity index (χ1v) is 4.69. The number of hydrogen-bond donors (Lipinski definition) is 2. The van der Waals surface area contributed by atoms with Crippen molar-refractivity contribution in [1.29, 1.82) is 0 Å². The van der Waals surface area contributed by atoms with E-state index in [2.05, 4.69) is 5.32 Å². The van der Waals surface area contributed by atoms with Gasteiger partial charge in [-0.25, -0.2) is 0 Å². The zero-order valence-corrected chi connectivity index (χ0v) is 8.38. The summed E-state index contributed by atoms with van der Waals surface area (Å²) in [6, 6.07) is 0. The molecule has 0 spiro atoms. The molecule has 0 aliphatic carbocycles. The molecule has 0 bridgehead atoms. The maximum absolute atomic E-state index is 11.0. The number of nitrogens with one attached hydrogen (secondary N) is 1. The predicted octanol–water partition coefficient (Wildman–Crippen LogP) is 0.300. The van der Waals surface area contributed by atoms with E-state index in [1.807, 2.05) is 6.92 Å². The quantitative estimate of drug-likeness (QED) is 0.566. The van der Waals surface area contributed by atoms with Crippen molar-refractivity contribution in [3.8, 4) is 0 Å². The second-order valence-corrected chi connectivity index (χ2v) is 3.02. The topological polar surface area (TPSA) is 58.6 Å². The molecule has 0 aromatic carbocycles. The normalized spacial score (nSPS) is 12.5. The number of ether oxygens (including phenoxy) is 1. The number of aliphatic hydroxyl groups excluding tert-OH is 1. The van der Waals surface area contributed by atoms with Gasteiger partial charge in [0.15, 0.2) is 0 Å². The summed E-state index contributed by atoms with van der Waals surface area (Å²) >= 11 is 0. The largest absolute Gasteiger partial charge is 0.392 e.